The number of hydrogen-bond acceptors (Lipinski definition) is 4. The van der Waals surface area contributed by atoms with Crippen molar-refractivity contribution in [1.82, 2.24) is 9.80 Å². The molecule has 0 atom stereocenters. The second kappa shape index (κ2) is 13.3. The standard InChI is InChI=1S/C9H21NO.C8H19NO.CH4/c1-9(2,3)11-8-6-7-10(4)5;1-8(2,3)10-7-6-9(4)5;/h6-8H2,1-5H3;6-7H2,1-5H3;1H4. The summed E-state index contributed by atoms with van der Waals surface area (Å²) in [5, 5.41) is 0. The van der Waals surface area contributed by atoms with Crippen LogP contribution in [0, 0.1) is 0 Å². The Labute approximate surface area is 141 Å². The van der Waals surface area contributed by atoms with Crippen molar-refractivity contribution in [3.8, 4) is 0 Å². The van der Waals surface area contributed by atoms with Crippen molar-refractivity contribution in [2.45, 2.75) is 66.6 Å². The van der Waals surface area contributed by atoms with E-state index in [9.17, 15) is 0 Å². The summed E-state index contributed by atoms with van der Waals surface area (Å²) in [6.07, 6.45) is 1.12. The Hall–Kier alpha value is -0.160. The normalized spacial score (nSPS) is 12.0. The van der Waals surface area contributed by atoms with E-state index in [1.807, 2.05) is 14.1 Å². The number of nitrogens with zero attached hydrogens (tertiary/aromatic N) is 2. The van der Waals surface area contributed by atoms with Crippen LogP contribution in [-0.4, -0.2) is 75.5 Å². The Kier molecular flexibility index (Phi) is 16.1. The molecule has 0 unspecified atom stereocenters. The molecular formula is C18H44N2O2. The van der Waals surface area contributed by atoms with E-state index in [1.165, 1.54) is 0 Å². The van der Waals surface area contributed by atoms with Gasteiger partial charge in [-0.25, -0.2) is 0 Å². The van der Waals surface area contributed by atoms with Crippen LogP contribution in [0.15, 0.2) is 0 Å². The van der Waals surface area contributed by atoms with Gasteiger partial charge in [0.25, 0.3) is 0 Å². The Balaban J connectivity index is -0.000000315. The average molecular weight is 321 g/mol. The molecule has 0 amide bonds. The van der Waals surface area contributed by atoms with Gasteiger partial charge >= 0.3 is 0 Å². The van der Waals surface area contributed by atoms with Gasteiger partial charge < -0.3 is 19.3 Å². The molecule has 0 aromatic rings. The zero-order valence-corrected chi connectivity index (χ0v) is 16.2. The summed E-state index contributed by atoms with van der Waals surface area (Å²) in [6.45, 7) is 16.3. The molecule has 0 fully saturated rings. The monoisotopic (exact) mass is 320 g/mol. The van der Waals surface area contributed by atoms with Gasteiger partial charge in [0.1, 0.15) is 0 Å². The molecule has 0 saturated carbocycles. The third kappa shape index (κ3) is 32.0. The van der Waals surface area contributed by atoms with Crippen LogP contribution in [0.4, 0.5) is 0 Å². The summed E-state index contributed by atoms with van der Waals surface area (Å²) in [5.74, 6) is 0. The van der Waals surface area contributed by atoms with Crippen molar-refractivity contribution in [3.63, 3.8) is 0 Å². The summed E-state index contributed by atoms with van der Waals surface area (Å²) >= 11 is 0. The summed E-state index contributed by atoms with van der Waals surface area (Å²) in [4.78, 5) is 4.29. The highest BCUT2D eigenvalue weighted by Crippen LogP contribution is 2.06. The summed E-state index contributed by atoms with van der Waals surface area (Å²) in [5.41, 5.74) is 0.0301. The van der Waals surface area contributed by atoms with E-state index in [2.05, 4.69) is 65.4 Å². The van der Waals surface area contributed by atoms with Crippen molar-refractivity contribution in [2.24, 2.45) is 0 Å². The van der Waals surface area contributed by atoms with E-state index in [0.29, 0.717) is 0 Å². The molecular weight excluding hydrogens is 276 g/mol. The minimum Gasteiger partial charge on any atom is -0.376 e. The van der Waals surface area contributed by atoms with Crippen molar-refractivity contribution < 1.29 is 9.47 Å². The quantitative estimate of drug-likeness (QED) is 0.667. The zero-order chi connectivity index (χ0) is 17.1. The molecule has 0 aliphatic heterocycles. The number of rotatable bonds is 7. The first-order valence-corrected chi connectivity index (χ1v) is 7.91. The van der Waals surface area contributed by atoms with Gasteiger partial charge in [0.2, 0.25) is 0 Å². The lowest BCUT2D eigenvalue weighted by atomic mass is 10.2. The minimum absolute atomic E-state index is 0. The fourth-order valence-electron chi connectivity index (χ4n) is 1.29. The number of likely N-dealkylation sites (N-methyl/N-ethyl adjacent to an activating group) is 1. The third-order valence-electron chi connectivity index (χ3n) is 2.36. The van der Waals surface area contributed by atoms with Crippen molar-refractivity contribution in [2.75, 3.05) is 54.5 Å². The lowest BCUT2D eigenvalue weighted by Crippen LogP contribution is -2.25. The molecule has 0 bridgehead atoms. The molecule has 0 N–H and O–H groups in total. The number of hydrogen-bond donors (Lipinski definition) is 0. The van der Waals surface area contributed by atoms with Crippen molar-refractivity contribution >= 4 is 0 Å². The first kappa shape index (κ1) is 26.7. The van der Waals surface area contributed by atoms with Crippen LogP contribution < -0.4 is 0 Å². The summed E-state index contributed by atoms with van der Waals surface area (Å²) < 4.78 is 11.1. The second-order valence-electron chi connectivity index (χ2n) is 7.88. The van der Waals surface area contributed by atoms with Crippen molar-refractivity contribution in [1.29, 1.82) is 0 Å². The lowest BCUT2D eigenvalue weighted by molar-refractivity contribution is -0.00875. The molecule has 0 saturated heterocycles. The Morgan fingerprint density at radius 3 is 1.32 bits per heavy atom. The van der Waals surface area contributed by atoms with E-state index in [4.69, 9.17) is 9.47 Å². The molecule has 0 aromatic carbocycles. The van der Waals surface area contributed by atoms with Crippen LogP contribution in [0.2, 0.25) is 0 Å². The predicted octanol–water partition coefficient (Wildman–Crippen LogP) is 3.75. The molecule has 0 radical (unpaired) electrons. The van der Waals surface area contributed by atoms with E-state index >= 15 is 0 Å². The van der Waals surface area contributed by atoms with Crippen LogP contribution in [0.1, 0.15) is 55.4 Å². The lowest BCUT2D eigenvalue weighted by Gasteiger charge is -2.20. The van der Waals surface area contributed by atoms with Crippen LogP contribution in [0.25, 0.3) is 0 Å². The Morgan fingerprint density at radius 2 is 1.00 bits per heavy atom. The molecule has 0 rings (SSSR count). The number of ether oxygens (including phenoxy) is 2. The molecule has 138 valence electrons. The van der Waals surface area contributed by atoms with Crippen LogP contribution >= 0.6 is 0 Å². The zero-order valence-electron chi connectivity index (χ0n) is 16.2. The average Bonchev–Trinajstić information content (AvgIpc) is 2.21. The largest absolute Gasteiger partial charge is 0.376 e. The highest BCUT2D eigenvalue weighted by molar-refractivity contribution is 4.59. The van der Waals surface area contributed by atoms with Gasteiger partial charge in [-0.2, -0.15) is 0 Å². The predicted molar refractivity (Wildman–Crippen MR) is 99.9 cm³/mol. The van der Waals surface area contributed by atoms with Gasteiger partial charge in [0, 0.05) is 13.2 Å². The highest BCUT2D eigenvalue weighted by atomic mass is 16.5. The van der Waals surface area contributed by atoms with Gasteiger partial charge in [-0.05, 0) is 82.7 Å². The van der Waals surface area contributed by atoms with Gasteiger partial charge in [-0.15, -0.1) is 0 Å². The van der Waals surface area contributed by atoms with Gasteiger partial charge in [-0.1, -0.05) is 7.43 Å². The van der Waals surface area contributed by atoms with E-state index in [0.717, 1.165) is 32.7 Å². The van der Waals surface area contributed by atoms with E-state index in [1.54, 1.807) is 0 Å². The van der Waals surface area contributed by atoms with Gasteiger partial charge in [0.15, 0.2) is 0 Å². The maximum Gasteiger partial charge on any atom is 0.0600 e. The third-order valence-corrected chi connectivity index (χ3v) is 2.36. The maximum absolute atomic E-state index is 5.55. The van der Waals surface area contributed by atoms with Crippen LogP contribution in [-0.2, 0) is 9.47 Å². The van der Waals surface area contributed by atoms with Gasteiger partial charge in [0.05, 0.1) is 17.8 Å². The van der Waals surface area contributed by atoms with Crippen molar-refractivity contribution in [3.05, 3.63) is 0 Å². The maximum atomic E-state index is 5.55. The fraction of sp³-hybridized carbons (Fsp3) is 1.00. The summed E-state index contributed by atoms with van der Waals surface area (Å²) in [7, 11) is 8.26. The van der Waals surface area contributed by atoms with E-state index in [-0.39, 0.29) is 18.6 Å². The molecule has 0 aromatic heterocycles. The molecule has 0 aliphatic rings. The van der Waals surface area contributed by atoms with Gasteiger partial charge in [-0.3, -0.25) is 0 Å². The van der Waals surface area contributed by atoms with Crippen LogP contribution in [0.3, 0.4) is 0 Å². The Morgan fingerprint density at radius 1 is 0.636 bits per heavy atom. The SMILES string of the molecule is C.CN(C)CCCOC(C)(C)C.CN(C)CCOC(C)(C)C. The first-order valence-electron chi connectivity index (χ1n) is 7.91. The fourth-order valence-corrected chi connectivity index (χ4v) is 1.29. The first-order chi connectivity index (χ1) is 9.33. The molecule has 0 aliphatic carbocycles. The smallest absolute Gasteiger partial charge is 0.0600 e. The highest BCUT2D eigenvalue weighted by Gasteiger charge is 2.09. The molecule has 22 heavy (non-hydrogen) atoms. The molecule has 4 nitrogen and oxygen atoms in total. The van der Waals surface area contributed by atoms with E-state index < -0.39 is 0 Å². The minimum atomic E-state index is 0. The Bertz CT molecular complexity index is 228. The molecule has 4 heteroatoms. The topological polar surface area (TPSA) is 24.9 Å². The summed E-state index contributed by atoms with van der Waals surface area (Å²) in [6, 6.07) is 0. The molecule has 0 spiro atoms. The molecule has 0 heterocycles. The van der Waals surface area contributed by atoms with Crippen LogP contribution in [0.5, 0.6) is 0 Å². The second-order valence-corrected chi connectivity index (χ2v) is 7.88.